The van der Waals surface area contributed by atoms with E-state index in [-0.39, 0.29) is 17.6 Å². The number of ether oxygens (including phenoxy) is 1. The van der Waals surface area contributed by atoms with Gasteiger partial charge in [0.1, 0.15) is 0 Å². The van der Waals surface area contributed by atoms with Gasteiger partial charge in [0.05, 0.1) is 23.5 Å². The Hall–Kier alpha value is -2.70. The first-order valence-electron chi connectivity index (χ1n) is 10.7. The minimum absolute atomic E-state index is 0.0263. The number of fused-ring (bicyclic) bond motifs is 1. The fraction of sp³-hybridized carbons (Fsp3) is 0.417. The van der Waals surface area contributed by atoms with Gasteiger partial charge in [-0.1, -0.05) is 18.2 Å². The van der Waals surface area contributed by atoms with Crippen LogP contribution in [-0.2, 0) is 11.3 Å². The Morgan fingerprint density at radius 3 is 2.90 bits per heavy atom. The fourth-order valence-electron chi connectivity index (χ4n) is 4.70. The van der Waals surface area contributed by atoms with Gasteiger partial charge in [0, 0.05) is 37.8 Å². The zero-order valence-electron chi connectivity index (χ0n) is 17.0. The van der Waals surface area contributed by atoms with Gasteiger partial charge in [0.25, 0.3) is 5.91 Å². The van der Waals surface area contributed by atoms with E-state index in [4.69, 9.17) is 9.15 Å². The van der Waals surface area contributed by atoms with Gasteiger partial charge in [-0.15, -0.1) is 0 Å². The lowest BCUT2D eigenvalue weighted by Gasteiger charge is -2.39. The van der Waals surface area contributed by atoms with Crippen LogP contribution in [0.5, 0.6) is 0 Å². The molecule has 3 aromatic rings. The summed E-state index contributed by atoms with van der Waals surface area (Å²) in [6.07, 6.45) is 7.60. The molecule has 2 aliphatic rings. The molecular formula is C24H27N3O3. The van der Waals surface area contributed by atoms with Crippen LogP contribution in [0, 0.1) is 0 Å². The Labute approximate surface area is 176 Å². The van der Waals surface area contributed by atoms with Crippen molar-refractivity contribution >= 4 is 16.8 Å². The number of nitrogens with one attached hydrogen (secondary N) is 1. The quantitative estimate of drug-likeness (QED) is 0.700. The number of carbonyl (C=O) groups is 1. The zero-order valence-corrected chi connectivity index (χ0v) is 17.0. The number of benzene rings is 1. The molecule has 0 bridgehead atoms. The maximum absolute atomic E-state index is 12.1. The van der Waals surface area contributed by atoms with E-state index in [9.17, 15) is 4.79 Å². The van der Waals surface area contributed by atoms with Crippen LogP contribution in [0.25, 0.3) is 10.9 Å². The molecule has 1 atom stereocenters. The number of hydrogen-bond donors (Lipinski definition) is 1. The summed E-state index contributed by atoms with van der Waals surface area (Å²) in [4.78, 5) is 19.0. The Kier molecular flexibility index (Phi) is 5.27. The summed E-state index contributed by atoms with van der Waals surface area (Å²) in [6, 6.07) is 14.0. The summed E-state index contributed by atoms with van der Waals surface area (Å²) in [5.74, 6) is 0.171. The molecule has 0 radical (unpaired) electrons. The third-order valence-corrected chi connectivity index (χ3v) is 6.42. The van der Waals surface area contributed by atoms with Crippen molar-refractivity contribution in [2.45, 2.75) is 43.9 Å². The Bertz CT molecular complexity index is 1010. The normalized spacial score (nSPS) is 21.3. The minimum atomic E-state index is -0.177. The van der Waals surface area contributed by atoms with Crippen LogP contribution in [0.4, 0.5) is 0 Å². The number of nitrogens with zero attached hydrogens (tertiary/aromatic N) is 2. The van der Waals surface area contributed by atoms with Gasteiger partial charge >= 0.3 is 0 Å². The van der Waals surface area contributed by atoms with E-state index in [1.54, 1.807) is 12.1 Å². The smallest absolute Gasteiger partial charge is 0.287 e. The molecule has 156 valence electrons. The van der Waals surface area contributed by atoms with Gasteiger partial charge < -0.3 is 14.5 Å². The number of amides is 1. The maximum Gasteiger partial charge on any atom is 0.287 e. The average Bonchev–Trinajstić information content (AvgIpc) is 3.45. The number of pyridine rings is 1. The molecule has 2 aromatic heterocycles. The van der Waals surface area contributed by atoms with Crippen molar-refractivity contribution < 1.29 is 13.9 Å². The van der Waals surface area contributed by atoms with Crippen molar-refractivity contribution in [2.24, 2.45) is 0 Å². The van der Waals surface area contributed by atoms with E-state index in [1.165, 1.54) is 17.2 Å². The second-order valence-corrected chi connectivity index (χ2v) is 8.46. The second-order valence-electron chi connectivity index (χ2n) is 8.46. The lowest BCUT2D eigenvalue weighted by molar-refractivity contribution is -0.0764. The molecule has 1 spiro atoms. The van der Waals surface area contributed by atoms with Crippen molar-refractivity contribution in [1.82, 2.24) is 15.2 Å². The van der Waals surface area contributed by atoms with Crippen molar-refractivity contribution in [1.29, 1.82) is 0 Å². The first-order valence-corrected chi connectivity index (χ1v) is 10.7. The highest BCUT2D eigenvalue weighted by Gasteiger charge is 2.42. The number of furan rings is 1. The monoisotopic (exact) mass is 405 g/mol. The van der Waals surface area contributed by atoms with Gasteiger partial charge in [0.2, 0.25) is 0 Å². The van der Waals surface area contributed by atoms with E-state index in [0.29, 0.717) is 12.3 Å². The molecule has 5 rings (SSSR count). The summed E-state index contributed by atoms with van der Waals surface area (Å²) in [7, 11) is 0. The highest BCUT2D eigenvalue weighted by atomic mass is 16.5. The average molecular weight is 405 g/mol. The molecule has 2 fully saturated rings. The summed E-state index contributed by atoms with van der Waals surface area (Å²) < 4.78 is 11.6. The van der Waals surface area contributed by atoms with Crippen LogP contribution >= 0.6 is 0 Å². The molecule has 1 N–H and O–H groups in total. The number of aromatic nitrogens is 1. The summed E-state index contributed by atoms with van der Waals surface area (Å²) >= 11 is 0. The number of piperidine rings is 1. The standard InChI is InChI=1S/C24H27N3O3/c28-23(22-4-2-14-29-22)26-16-20-7-8-24(30-20)9-12-27(13-10-24)17-18-5-6-19-3-1-11-25-21(19)15-18/h1-6,11,14-15,20H,7-10,12-13,16-17H2,(H,26,28)/t20-/m1/s1. The van der Waals surface area contributed by atoms with Crippen LogP contribution in [0.3, 0.4) is 0 Å². The van der Waals surface area contributed by atoms with Crippen LogP contribution in [0.15, 0.2) is 59.3 Å². The lowest BCUT2D eigenvalue weighted by atomic mass is 9.88. The van der Waals surface area contributed by atoms with Crippen LogP contribution in [0.2, 0.25) is 0 Å². The first kappa shape index (κ1) is 19.3. The van der Waals surface area contributed by atoms with Crippen molar-refractivity contribution in [3.8, 4) is 0 Å². The molecule has 1 amide bonds. The van der Waals surface area contributed by atoms with Crippen molar-refractivity contribution in [3.05, 3.63) is 66.2 Å². The maximum atomic E-state index is 12.1. The van der Waals surface area contributed by atoms with Crippen molar-refractivity contribution in [3.63, 3.8) is 0 Å². The van der Waals surface area contributed by atoms with E-state index < -0.39 is 0 Å². The second kappa shape index (κ2) is 8.20. The molecule has 0 unspecified atom stereocenters. The molecule has 2 aliphatic heterocycles. The van der Waals surface area contributed by atoms with E-state index in [2.05, 4.69) is 39.5 Å². The lowest BCUT2D eigenvalue weighted by Crippen LogP contribution is -2.44. The first-order chi connectivity index (χ1) is 14.7. The molecule has 30 heavy (non-hydrogen) atoms. The molecule has 0 saturated carbocycles. The van der Waals surface area contributed by atoms with Gasteiger partial charge in [-0.2, -0.15) is 0 Å². The number of likely N-dealkylation sites (tertiary alicyclic amines) is 1. The molecular weight excluding hydrogens is 378 g/mol. The fourth-order valence-corrected chi connectivity index (χ4v) is 4.70. The molecule has 0 aliphatic carbocycles. The highest BCUT2D eigenvalue weighted by molar-refractivity contribution is 5.91. The topological polar surface area (TPSA) is 67.6 Å². The van der Waals surface area contributed by atoms with Gasteiger partial charge in [-0.25, -0.2) is 0 Å². The largest absolute Gasteiger partial charge is 0.459 e. The van der Waals surface area contributed by atoms with Gasteiger partial charge in [-0.05, 0) is 55.5 Å². The molecule has 1 aromatic carbocycles. The third-order valence-electron chi connectivity index (χ3n) is 6.42. The Morgan fingerprint density at radius 1 is 1.17 bits per heavy atom. The molecule has 6 heteroatoms. The van der Waals surface area contributed by atoms with E-state index in [0.717, 1.165) is 50.8 Å². The Balaban J connectivity index is 1.11. The molecule has 4 heterocycles. The minimum Gasteiger partial charge on any atom is -0.459 e. The number of rotatable bonds is 5. The SMILES string of the molecule is O=C(NC[C@H]1CCC2(CCN(Cc3ccc4cccnc4c3)CC2)O1)c1ccco1. The highest BCUT2D eigenvalue weighted by Crippen LogP contribution is 2.39. The van der Waals surface area contributed by atoms with E-state index in [1.807, 2.05) is 12.3 Å². The van der Waals surface area contributed by atoms with Crippen LogP contribution < -0.4 is 5.32 Å². The van der Waals surface area contributed by atoms with Gasteiger partial charge in [0.15, 0.2) is 5.76 Å². The van der Waals surface area contributed by atoms with Crippen LogP contribution in [-0.4, -0.2) is 47.1 Å². The predicted molar refractivity (Wildman–Crippen MR) is 114 cm³/mol. The summed E-state index contributed by atoms with van der Waals surface area (Å²) in [5, 5.41) is 4.11. The predicted octanol–water partition coefficient (Wildman–Crippen LogP) is 3.77. The van der Waals surface area contributed by atoms with Crippen molar-refractivity contribution in [2.75, 3.05) is 19.6 Å². The number of hydrogen-bond acceptors (Lipinski definition) is 5. The van der Waals surface area contributed by atoms with E-state index >= 15 is 0 Å². The van der Waals surface area contributed by atoms with Crippen LogP contribution in [0.1, 0.15) is 41.8 Å². The van der Waals surface area contributed by atoms with Gasteiger partial charge in [-0.3, -0.25) is 14.7 Å². The summed E-state index contributed by atoms with van der Waals surface area (Å²) in [5.41, 5.74) is 2.34. The molecule has 6 nitrogen and oxygen atoms in total. The zero-order chi connectivity index (χ0) is 20.4. The number of carbonyl (C=O) groups excluding carboxylic acids is 1. The third kappa shape index (κ3) is 4.11. The Morgan fingerprint density at radius 2 is 2.07 bits per heavy atom. The summed E-state index contributed by atoms with van der Waals surface area (Å²) in [6.45, 7) is 3.55. The molecule has 2 saturated heterocycles.